The SMILES string of the molecule is COc1ccc(OC)c2sc(N3C(=O)C(=Cc4ccc(O)cc4)N=C3c3ccccc3)nc12. The number of amidine groups is 1. The van der Waals surface area contributed by atoms with Crippen LogP contribution in [0, 0.1) is 0 Å². The molecule has 3 aromatic carbocycles. The summed E-state index contributed by atoms with van der Waals surface area (Å²) in [6.45, 7) is 0. The van der Waals surface area contributed by atoms with Gasteiger partial charge in [0, 0.05) is 5.56 Å². The fourth-order valence-corrected chi connectivity index (χ4v) is 4.65. The molecule has 0 atom stereocenters. The third-order valence-electron chi connectivity index (χ3n) is 5.18. The van der Waals surface area contributed by atoms with Gasteiger partial charge in [-0.1, -0.05) is 53.8 Å². The Kier molecular flexibility index (Phi) is 5.27. The van der Waals surface area contributed by atoms with E-state index >= 15 is 0 Å². The molecule has 7 nitrogen and oxygen atoms in total. The van der Waals surface area contributed by atoms with Gasteiger partial charge in [0.1, 0.15) is 39.0 Å². The molecule has 1 aliphatic heterocycles. The molecule has 5 rings (SSSR count). The molecule has 1 amide bonds. The van der Waals surface area contributed by atoms with E-state index in [0.717, 1.165) is 15.8 Å². The quantitative estimate of drug-likeness (QED) is 0.433. The third kappa shape index (κ3) is 3.70. The minimum atomic E-state index is -0.293. The van der Waals surface area contributed by atoms with Crippen molar-refractivity contribution in [3.8, 4) is 17.2 Å². The summed E-state index contributed by atoms with van der Waals surface area (Å²) in [4.78, 5) is 24.5. The lowest BCUT2D eigenvalue weighted by molar-refractivity contribution is -0.113. The molecular weight excluding hydrogens is 438 g/mol. The van der Waals surface area contributed by atoms with Gasteiger partial charge >= 0.3 is 0 Å². The molecule has 0 aliphatic carbocycles. The van der Waals surface area contributed by atoms with E-state index < -0.39 is 0 Å². The van der Waals surface area contributed by atoms with E-state index in [1.807, 2.05) is 36.4 Å². The lowest BCUT2D eigenvalue weighted by Gasteiger charge is -2.14. The van der Waals surface area contributed by atoms with E-state index in [1.165, 1.54) is 16.2 Å². The minimum absolute atomic E-state index is 0.155. The number of aromatic nitrogens is 1. The Morgan fingerprint density at radius 2 is 1.64 bits per heavy atom. The summed E-state index contributed by atoms with van der Waals surface area (Å²) in [6, 6.07) is 19.7. The number of amides is 1. The van der Waals surface area contributed by atoms with E-state index in [1.54, 1.807) is 50.6 Å². The molecule has 4 aromatic rings. The monoisotopic (exact) mass is 457 g/mol. The number of phenols is 1. The molecule has 0 saturated heterocycles. The van der Waals surface area contributed by atoms with Gasteiger partial charge in [-0.25, -0.2) is 14.9 Å². The van der Waals surface area contributed by atoms with Crippen molar-refractivity contribution in [2.24, 2.45) is 4.99 Å². The fraction of sp³-hybridized carbons (Fsp3) is 0.0800. The van der Waals surface area contributed by atoms with Gasteiger partial charge in [0.05, 0.1) is 14.2 Å². The molecule has 0 bridgehead atoms. The number of nitrogens with zero attached hydrogens (tertiary/aromatic N) is 3. The molecule has 0 radical (unpaired) electrons. The van der Waals surface area contributed by atoms with Gasteiger partial charge in [-0.3, -0.25) is 4.79 Å². The predicted molar refractivity (Wildman–Crippen MR) is 129 cm³/mol. The number of phenolic OH excluding ortho intramolecular Hbond substituents is 1. The van der Waals surface area contributed by atoms with Gasteiger partial charge in [-0.05, 0) is 35.9 Å². The Labute approximate surface area is 193 Å². The van der Waals surface area contributed by atoms with Crippen molar-refractivity contribution >= 4 is 44.5 Å². The average Bonchev–Trinajstić information content (AvgIpc) is 3.42. The number of aliphatic imine (C=N–C) groups is 1. The molecule has 0 saturated carbocycles. The van der Waals surface area contributed by atoms with Gasteiger partial charge < -0.3 is 14.6 Å². The highest BCUT2D eigenvalue weighted by molar-refractivity contribution is 7.23. The first-order valence-corrected chi connectivity index (χ1v) is 10.9. The van der Waals surface area contributed by atoms with Gasteiger partial charge in [0.25, 0.3) is 5.91 Å². The molecule has 2 heterocycles. The van der Waals surface area contributed by atoms with Crippen molar-refractivity contribution in [1.29, 1.82) is 0 Å². The highest BCUT2D eigenvalue weighted by Gasteiger charge is 2.35. The number of benzene rings is 3. The van der Waals surface area contributed by atoms with E-state index in [9.17, 15) is 9.90 Å². The van der Waals surface area contributed by atoms with Crippen LogP contribution in [0.15, 0.2) is 77.4 Å². The van der Waals surface area contributed by atoms with E-state index in [4.69, 9.17) is 14.5 Å². The standard InChI is InChI=1S/C25H19N3O4S/c1-31-19-12-13-20(32-2)22-21(19)27-25(33-22)28-23(16-6-4-3-5-7-16)26-18(24(28)30)14-15-8-10-17(29)11-9-15/h3-14,29H,1-2H3. The van der Waals surface area contributed by atoms with E-state index in [-0.39, 0.29) is 17.4 Å². The van der Waals surface area contributed by atoms with Crippen molar-refractivity contribution in [1.82, 2.24) is 4.98 Å². The van der Waals surface area contributed by atoms with Crippen molar-refractivity contribution < 1.29 is 19.4 Å². The van der Waals surface area contributed by atoms with Crippen molar-refractivity contribution in [2.45, 2.75) is 0 Å². The Morgan fingerprint density at radius 1 is 0.939 bits per heavy atom. The van der Waals surface area contributed by atoms with Crippen molar-refractivity contribution in [3.63, 3.8) is 0 Å². The zero-order valence-electron chi connectivity index (χ0n) is 17.9. The zero-order valence-corrected chi connectivity index (χ0v) is 18.7. The Bertz CT molecular complexity index is 1370. The lowest BCUT2D eigenvalue weighted by atomic mass is 10.2. The Hall–Kier alpha value is -4.17. The van der Waals surface area contributed by atoms with Crippen molar-refractivity contribution in [2.75, 3.05) is 19.1 Å². The Balaban J connectivity index is 1.66. The highest BCUT2D eigenvalue weighted by Crippen LogP contribution is 2.41. The molecule has 1 aliphatic rings. The van der Waals surface area contributed by atoms with Crippen molar-refractivity contribution in [3.05, 3.63) is 83.6 Å². The average molecular weight is 458 g/mol. The molecule has 164 valence electrons. The van der Waals surface area contributed by atoms with E-state index in [2.05, 4.69) is 4.99 Å². The van der Waals surface area contributed by atoms with Crippen LogP contribution in [-0.4, -0.2) is 36.1 Å². The molecular formula is C25H19N3O4S. The van der Waals surface area contributed by atoms with Gasteiger partial charge in [0.15, 0.2) is 5.13 Å². The molecule has 0 unspecified atom stereocenters. The van der Waals surface area contributed by atoms with Gasteiger partial charge in [0.2, 0.25) is 0 Å². The number of fused-ring (bicyclic) bond motifs is 1. The fourth-order valence-electron chi connectivity index (χ4n) is 3.57. The highest BCUT2D eigenvalue weighted by atomic mass is 32.1. The second-order valence-electron chi connectivity index (χ2n) is 7.21. The summed E-state index contributed by atoms with van der Waals surface area (Å²) < 4.78 is 11.8. The largest absolute Gasteiger partial charge is 0.508 e. The van der Waals surface area contributed by atoms with Crippen LogP contribution >= 0.6 is 11.3 Å². The first kappa shape index (κ1) is 20.7. The number of rotatable bonds is 5. The number of carbonyl (C=O) groups excluding carboxylic acids is 1. The first-order chi connectivity index (χ1) is 16.1. The lowest BCUT2D eigenvalue weighted by Crippen LogP contribution is -2.32. The summed E-state index contributed by atoms with van der Waals surface area (Å²) in [5.41, 5.74) is 2.44. The van der Waals surface area contributed by atoms with Crippen LogP contribution in [0.5, 0.6) is 17.2 Å². The van der Waals surface area contributed by atoms with Gasteiger partial charge in [-0.2, -0.15) is 0 Å². The predicted octanol–water partition coefficient (Wildman–Crippen LogP) is 4.85. The molecule has 0 fully saturated rings. The molecule has 8 heteroatoms. The maximum Gasteiger partial charge on any atom is 0.284 e. The summed E-state index contributed by atoms with van der Waals surface area (Å²) in [7, 11) is 3.17. The number of ether oxygens (including phenoxy) is 2. The summed E-state index contributed by atoms with van der Waals surface area (Å²) in [5, 5.41) is 10.0. The zero-order chi connectivity index (χ0) is 22.9. The van der Waals surface area contributed by atoms with Crippen LogP contribution in [0.2, 0.25) is 0 Å². The smallest absolute Gasteiger partial charge is 0.284 e. The third-order valence-corrected chi connectivity index (χ3v) is 6.23. The number of hydrogen-bond donors (Lipinski definition) is 1. The number of methoxy groups -OCH3 is 2. The summed E-state index contributed by atoms with van der Waals surface area (Å²) >= 11 is 1.34. The topological polar surface area (TPSA) is 84.2 Å². The number of hydrogen-bond acceptors (Lipinski definition) is 7. The maximum absolute atomic E-state index is 13.5. The molecule has 33 heavy (non-hydrogen) atoms. The van der Waals surface area contributed by atoms with Crippen LogP contribution < -0.4 is 14.4 Å². The molecule has 0 spiro atoms. The normalized spacial score (nSPS) is 14.7. The van der Waals surface area contributed by atoms with Crippen LogP contribution in [0.4, 0.5) is 5.13 Å². The summed E-state index contributed by atoms with van der Waals surface area (Å²) in [5.74, 6) is 1.60. The van der Waals surface area contributed by atoms with Crippen LogP contribution in [-0.2, 0) is 4.79 Å². The Morgan fingerprint density at radius 3 is 2.33 bits per heavy atom. The van der Waals surface area contributed by atoms with Crippen LogP contribution in [0.3, 0.4) is 0 Å². The second-order valence-corrected chi connectivity index (χ2v) is 8.18. The van der Waals surface area contributed by atoms with Gasteiger partial charge in [-0.15, -0.1) is 0 Å². The minimum Gasteiger partial charge on any atom is -0.508 e. The van der Waals surface area contributed by atoms with E-state index in [0.29, 0.717) is 28.0 Å². The number of carbonyl (C=O) groups is 1. The first-order valence-electron chi connectivity index (χ1n) is 10.1. The number of anilines is 1. The van der Waals surface area contributed by atoms with Crippen LogP contribution in [0.25, 0.3) is 16.3 Å². The number of thiazole rings is 1. The van der Waals surface area contributed by atoms with Crippen LogP contribution in [0.1, 0.15) is 11.1 Å². The second kappa shape index (κ2) is 8.40. The molecule has 1 aromatic heterocycles. The maximum atomic E-state index is 13.5. The molecule has 1 N–H and O–H groups in total. The summed E-state index contributed by atoms with van der Waals surface area (Å²) in [6.07, 6.45) is 1.69. The number of aromatic hydroxyl groups is 1.